The lowest BCUT2D eigenvalue weighted by Crippen LogP contribution is -2.12. The Hall–Kier alpha value is -2.01. The summed E-state index contributed by atoms with van der Waals surface area (Å²) in [5.41, 5.74) is 7.02. The van der Waals surface area contributed by atoms with Crippen LogP contribution in [0.2, 0.25) is 0 Å². The second-order valence-electron chi connectivity index (χ2n) is 3.77. The number of ether oxygens (including phenoxy) is 1. The zero-order valence-corrected chi connectivity index (χ0v) is 10.7. The first-order valence-corrected chi connectivity index (χ1v) is 5.91. The molecule has 4 nitrogen and oxygen atoms in total. The monoisotopic (exact) mass is 259 g/mol. The molecular formula is C13H13N3OS. The van der Waals surface area contributed by atoms with Crippen LogP contribution >= 0.6 is 12.2 Å². The average molecular weight is 259 g/mol. The van der Waals surface area contributed by atoms with Crippen molar-refractivity contribution in [2.45, 2.75) is 13.0 Å². The molecular weight excluding hydrogens is 246 g/mol. The minimum Gasteiger partial charge on any atom is -0.469 e. The van der Waals surface area contributed by atoms with Gasteiger partial charge in [0.25, 0.3) is 0 Å². The highest BCUT2D eigenvalue weighted by Crippen LogP contribution is 2.18. The third-order valence-electron chi connectivity index (χ3n) is 2.45. The second kappa shape index (κ2) is 5.55. The van der Waals surface area contributed by atoms with E-state index in [1.165, 1.54) is 12.4 Å². The number of aromatic nitrogens is 2. The van der Waals surface area contributed by atoms with Gasteiger partial charge in [-0.1, -0.05) is 42.5 Å². The maximum absolute atomic E-state index is 5.68. The van der Waals surface area contributed by atoms with E-state index in [4.69, 9.17) is 22.7 Å². The van der Waals surface area contributed by atoms with Crippen LogP contribution in [0, 0.1) is 0 Å². The molecule has 0 bridgehead atoms. The summed E-state index contributed by atoms with van der Waals surface area (Å²) >= 11 is 4.80. The van der Waals surface area contributed by atoms with Crippen molar-refractivity contribution >= 4 is 17.2 Å². The molecule has 0 aliphatic heterocycles. The maximum atomic E-state index is 5.68. The minimum atomic E-state index is -0.0869. The number of benzene rings is 1. The Labute approximate surface area is 111 Å². The summed E-state index contributed by atoms with van der Waals surface area (Å²) in [6.07, 6.45) is 2.94. The first-order chi connectivity index (χ1) is 8.66. The molecule has 0 aliphatic rings. The summed E-state index contributed by atoms with van der Waals surface area (Å²) < 4.78 is 5.68. The molecule has 0 saturated carbocycles. The van der Waals surface area contributed by atoms with Crippen LogP contribution in [0.4, 0.5) is 0 Å². The summed E-state index contributed by atoms with van der Waals surface area (Å²) in [5, 5.41) is 0. The summed E-state index contributed by atoms with van der Waals surface area (Å²) in [4.78, 5) is 8.41. The largest absolute Gasteiger partial charge is 0.469 e. The lowest BCUT2D eigenvalue weighted by atomic mass is 10.1. The van der Waals surface area contributed by atoms with E-state index in [-0.39, 0.29) is 11.1 Å². The lowest BCUT2D eigenvalue weighted by molar-refractivity contribution is 0.216. The van der Waals surface area contributed by atoms with Gasteiger partial charge in [0.15, 0.2) is 0 Å². The van der Waals surface area contributed by atoms with E-state index in [9.17, 15) is 0 Å². The van der Waals surface area contributed by atoms with Crippen LogP contribution in [-0.2, 0) is 0 Å². The molecule has 0 fully saturated rings. The predicted octanol–water partition coefficient (Wildman–Crippen LogP) is 2.25. The van der Waals surface area contributed by atoms with Crippen molar-refractivity contribution in [1.82, 2.24) is 9.97 Å². The van der Waals surface area contributed by atoms with Crippen LogP contribution in [-0.4, -0.2) is 15.0 Å². The molecule has 0 amide bonds. The summed E-state index contributed by atoms with van der Waals surface area (Å²) in [5.74, 6) is 0.450. The van der Waals surface area contributed by atoms with Crippen molar-refractivity contribution in [3.8, 4) is 5.88 Å². The third-order valence-corrected chi connectivity index (χ3v) is 2.66. The molecule has 2 rings (SSSR count). The molecule has 18 heavy (non-hydrogen) atoms. The number of nitrogens with zero attached hydrogens (tertiary/aromatic N) is 2. The molecule has 92 valence electrons. The van der Waals surface area contributed by atoms with Crippen molar-refractivity contribution in [3.05, 3.63) is 54.0 Å². The van der Waals surface area contributed by atoms with Gasteiger partial charge < -0.3 is 10.5 Å². The highest BCUT2D eigenvalue weighted by Gasteiger charge is 2.08. The van der Waals surface area contributed by atoms with Gasteiger partial charge in [-0.05, 0) is 12.5 Å². The molecule has 2 aromatic rings. The molecule has 0 aliphatic carbocycles. The molecule has 0 spiro atoms. The highest BCUT2D eigenvalue weighted by molar-refractivity contribution is 7.80. The van der Waals surface area contributed by atoms with Crippen molar-refractivity contribution in [3.63, 3.8) is 0 Å². The van der Waals surface area contributed by atoms with E-state index in [1.54, 1.807) is 0 Å². The SMILES string of the molecule is CC(Oc1cnc(C(N)=S)cn1)c1ccccc1. The van der Waals surface area contributed by atoms with Crippen molar-refractivity contribution < 1.29 is 4.74 Å². The van der Waals surface area contributed by atoms with Crippen molar-refractivity contribution in [1.29, 1.82) is 0 Å². The van der Waals surface area contributed by atoms with E-state index < -0.39 is 0 Å². The standard InChI is InChI=1S/C13H13N3OS/c1-9(10-5-3-2-4-6-10)17-12-8-15-11(7-16-12)13(14)18/h2-9H,1H3,(H2,14,18). The molecule has 5 heteroatoms. The summed E-state index contributed by atoms with van der Waals surface area (Å²) in [7, 11) is 0. The van der Waals surface area contributed by atoms with Crippen LogP contribution in [0.15, 0.2) is 42.7 Å². The smallest absolute Gasteiger partial charge is 0.232 e. The normalized spacial score (nSPS) is 11.8. The number of thiocarbonyl (C=S) groups is 1. The van der Waals surface area contributed by atoms with Crippen LogP contribution in [0.3, 0.4) is 0 Å². The Morgan fingerprint density at radius 3 is 2.50 bits per heavy atom. The first-order valence-electron chi connectivity index (χ1n) is 5.50. The van der Waals surface area contributed by atoms with Gasteiger partial charge >= 0.3 is 0 Å². The molecule has 1 atom stereocenters. The van der Waals surface area contributed by atoms with E-state index >= 15 is 0 Å². The fraction of sp³-hybridized carbons (Fsp3) is 0.154. The van der Waals surface area contributed by atoms with Gasteiger partial charge in [-0.25, -0.2) is 9.97 Å². The van der Waals surface area contributed by atoms with Crippen LogP contribution in [0.5, 0.6) is 5.88 Å². The molecule has 0 radical (unpaired) electrons. The fourth-order valence-corrected chi connectivity index (χ4v) is 1.58. The number of hydrogen-bond acceptors (Lipinski definition) is 4. The lowest BCUT2D eigenvalue weighted by Gasteiger charge is -2.13. The van der Waals surface area contributed by atoms with Crippen molar-refractivity contribution in [2.75, 3.05) is 0 Å². The molecule has 2 N–H and O–H groups in total. The van der Waals surface area contributed by atoms with E-state index in [1.807, 2.05) is 37.3 Å². The fourth-order valence-electron chi connectivity index (χ4n) is 1.48. The first kappa shape index (κ1) is 12.4. The number of nitrogens with two attached hydrogens (primary N) is 1. The number of hydrogen-bond donors (Lipinski definition) is 1. The second-order valence-corrected chi connectivity index (χ2v) is 4.21. The summed E-state index contributed by atoms with van der Waals surface area (Å²) in [6, 6.07) is 9.91. The van der Waals surface area contributed by atoms with Gasteiger partial charge in [-0.3, -0.25) is 0 Å². The number of rotatable bonds is 4. The van der Waals surface area contributed by atoms with Crippen LogP contribution < -0.4 is 10.5 Å². The van der Waals surface area contributed by atoms with Crippen molar-refractivity contribution in [2.24, 2.45) is 5.73 Å². The van der Waals surface area contributed by atoms with E-state index in [0.29, 0.717) is 11.6 Å². The van der Waals surface area contributed by atoms with Gasteiger partial charge in [-0.15, -0.1) is 0 Å². The van der Waals surface area contributed by atoms with Gasteiger partial charge in [0.1, 0.15) is 16.8 Å². The molecule has 1 heterocycles. The Bertz CT molecular complexity index is 528. The zero-order valence-electron chi connectivity index (χ0n) is 9.91. The Morgan fingerprint density at radius 2 is 1.94 bits per heavy atom. The van der Waals surface area contributed by atoms with Gasteiger partial charge in [-0.2, -0.15) is 0 Å². The minimum absolute atomic E-state index is 0.0869. The topological polar surface area (TPSA) is 61.0 Å². The summed E-state index contributed by atoms with van der Waals surface area (Å²) in [6.45, 7) is 1.96. The Kier molecular flexibility index (Phi) is 3.84. The van der Waals surface area contributed by atoms with Gasteiger partial charge in [0, 0.05) is 0 Å². The van der Waals surface area contributed by atoms with Crippen LogP contribution in [0.25, 0.3) is 0 Å². The van der Waals surface area contributed by atoms with E-state index in [2.05, 4.69) is 9.97 Å². The quantitative estimate of drug-likeness (QED) is 0.853. The van der Waals surface area contributed by atoms with Crippen LogP contribution in [0.1, 0.15) is 24.3 Å². The maximum Gasteiger partial charge on any atom is 0.232 e. The molecule has 1 unspecified atom stereocenters. The average Bonchev–Trinajstić information content (AvgIpc) is 2.40. The Morgan fingerprint density at radius 1 is 1.22 bits per heavy atom. The molecule has 0 saturated heterocycles. The van der Waals surface area contributed by atoms with Gasteiger partial charge in [0.2, 0.25) is 5.88 Å². The highest BCUT2D eigenvalue weighted by atomic mass is 32.1. The molecule has 1 aromatic heterocycles. The van der Waals surface area contributed by atoms with Gasteiger partial charge in [0.05, 0.1) is 12.4 Å². The molecule has 1 aromatic carbocycles. The zero-order chi connectivity index (χ0) is 13.0. The Balaban J connectivity index is 2.08. The predicted molar refractivity (Wildman–Crippen MR) is 73.4 cm³/mol. The van der Waals surface area contributed by atoms with E-state index in [0.717, 1.165) is 5.56 Å². The third kappa shape index (κ3) is 3.01.